The van der Waals surface area contributed by atoms with Crippen LogP contribution in [0.15, 0.2) is 5.38 Å². The molecule has 1 fully saturated rings. The van der Waals surface area contributed by atoms with Gasteiger partial charge in [0.05, 0.1) is 0 Å². The molecular formula is C9H11N3O3S. The molecule has 0 radical (unpaired) electrons. The summed E-state index contributed by atoms with van der Waals surface area (Å²) in [5, 5.41) is 14.2. The van der Waals surface area contributed by atoms with Crippen LogP contribution in [0.3, 0.4) is 0 Å². The molecule has 1 aliphatic heterocycles. The molecule has 86 valence electrons. The lowest BCUT2D eigenvalue weighted by atomic mass is 10.0. The third-order valence-electron chi connectivity index (χ3n) is 2.63. The van der Waals surface area contributed by atoms with Crippen molar-refractivity contribution in [3.63, 3.8) is 0 Å². The topological polar surface area (TPSA) is 83.4 Å². The predicted octanol–water partition coefficient (Wildman–Crippen LogP) is 0.617. The maximum atomic E-state index is 11.9. The Bertz CT molecular complexity index is 393. The number of carbonyl (C=O) groups is 2. The van der Waals surface area contributed by atoms with Crippen molar-refractivity contribution in [1.82, 2.24) is 14.5 Å². The number of nitrogens with zero attached hydrogens (tertiary/aromatic N) is 3. The number of amides is 1. The minimum absolute atomic E-state index is 0.234. The largest absolute Gasteiger partial charge is 0.480 e. The van der Waals surface area contributed by atoms with E-state index >= 15 is 0 Å². The smallest absolute Gasteiger partial charge is 0.326 e. The number of hydrogen-bond donors (Lipinski definition) is 1. The average molecular weight is 241 g/mol. The third-order valence-corrected chi connectivity index (χ3v) is 3.13. The molecule has 0 spiro atoms. The number of carboxylic acids is 1. The highest BCUT2D eigenvalue weighted by atomic mass is 32.1. The Labute approximate surface area is 96.0 Å². The van der Waals surface area contributed by atoms with Crippen molar-refractivity contribution in [3.05, 3.63) is 11.1 Å². The van der Waals surface area contributed by atoms with E-state index in [4.69, 9.17) is 5.11 Å². The highest BCUT2D eigenvalue weighted by molar-refractivity contribution is 7.03. The molecule has 1 aliphatic rings. The van der Waals surface area contributed by atoms with Crippen LogP contribution >= 0.6 is 11.5 Å². The van der Waals surface area contributed by atoms with Gasteiger partial charge in [0.2, 0.25) is 0 Å². The zero-order valence-corrected chi connectivity index (χ0v) is 9.31. The summed E-state index contributed by atoms with van der Waals surface area (Å²) >= 11 is 1.09. The Morgan fingerprint density at radius 3 is 2.94 bits per heavy atom. The van der Waals surface area contributed by atoms with E-state index in [-0.39, 0.29) is 11.6 Å². The van der Waals surface area contributed by atoms with Crippen LogP contribution in [-0.2, 0) is 4.79 Å². The number of rotatable bonds is 2. The molecule has 1 aromatic rings. The Morgan fingerprint density at radius 2 is 2.31 bits per heavy atom. The van der Waals surface area contributed by atoms with Crippen molar-refractivity contribution in [1.29, 1.82) is 0 Å². The summed E-state index contributed by atoms with van der Waals surface area (Å²) in [6.07, 6.45) is 2.20. The lowest BCUT2D eigenvalue weighted by molar-refractivity contribution is -0.143. The van der Waals surface area contributed by atoms with E-state index in [2.05, 4.69) is 9.59 Å². The SMILES string of the molecule is O=C(O)[C@@H]1CCCCN1C(=O)c1csnn1. The molecule has 0 aromatic carbocycles. The van der Waals surface area contributed by atoms with Gasteiger partial charge in [-0.1, -0.05) is 4.49 Å². The van der Waals surface area contributed by atoms with Gasteiger partial charge in [-0.25, -0.2) is 4.79 Å². The zero-order chi connectivity index (χ0) is 11.5. The van der Waals surface area contributed by atoms with Gasteiger partial charge in [0.25, 0.3) is 5.91 Å². The highest BCUT2D eigenvalue weighted by Gasteiger charge is 2.33. The quantitative estimate of drug-likeness (QED) is 0.820. The molecule has 1 N–H and O–H groups in total. The van der Waals surface area contributed by atoms with E-state index in [9.17, 15) is 9.59 Å². The summed E-state index contributed by atoms with van der Waals surface area (Å²) in [6.45, 7) is 0.479. The average Bonchev–Trinajstić information content (AvgIpc) is 2.81. The van der Waals surface area contributed by atoms with Crippen molar-refractivity contribution in [2.75, 3.05) is 6.54 Å². The maximum absolute atomic E-state index is 11.9. The summed E-state index contributed by atoms with van der Waals surface area (Å²) in [5.74, 6) is -1.28. The number of likely N-dealkylation sites (tertiary alicyclic amines) is 1. The van der Waals surface area contributed by atoms with Crippen LogP contribution in [0.2, 0.25) is 0 Å². The summed E-state index contributed by atoms with van der Waals surface area (Å²) < 4.78 is 3.60. The second-order valence-electron chi connectivity index (χ2n) is 3.64. The van der Waals surface area contributed by atoms with E-state index in [1.54, 1.807) is 0 Å². The van der Waals surface area contributed by atoms with Gasteiger partial charge in [0.15, 0.2) is 5.69 Å². The highest BCUT2D eigenvalue weighted by Crippen LogP contribution is 2.19. The van der Waals surface area contributed by atoms with Gasteiger partial charge in [-0.05, 0) is 30.8 Å². The van der Waals surface area contributed by atoms with Gasteiger partial charge >= 0.3 is 5.97 Å². The fourth-order valence-electron chi connectivity index (χ4n) is 1.84. The van der Waals surface area contributed by atoms with E-state index in [0.717, 1.165) is 24.4 Å². The van der Waals surface area contributed by atoms with Crippen LogP contribution in [0.5, 0.6) is 0 Å². The van der Waals surface area contributed by atoms with Crippen LogP contribution in [0.1, 0.15) is 29.8 Å². The molecule has 0 aliphatic carbocycles. The van der Waals surface area contributed by atoms with Crippen molar-refractivity contribution < 1.29 is 14.7 Å². The van der Waals surface area contributed by atoms with Crippen LogP contribution in [0.25, 0.3) is 0 Å². The van der Waals surface area contributed by atoms with Gasteiger partial charge < -0.3 is 10.0 Å². The van der Waals surface area contributed by atoms with Crippen molar-refractivity contribution in [2.45, 2.75) is 25.3 Å². The number of carboxylic acid groups (broad SMARTS) is 1. The van der Waals surface area contributed by atoms with Crippen LogP contribution < -0.4 is 0 Å². The lowest BCUT2D eigenvalue weighted by Gasteiger charge is -2.32. The first-order valence-electron chi connectivity index (χ1n) is 5.01. The second-order valence-corrected chi connectivity index (χ2v) is 4.25. The Hall–Kier alpha value is -1.50. The Morgan fingerprint density at radius 1 is 1.50 bits per heavy atom. The molecule has 1 amide bonds. The molecule has 6 nitrogen and oxygen atoms in total. The van der Waals surface area contributed by atoms with Gasteiger partial charge in [0.1, 0.15) is 6.04 Å². The van der Waals surface area contributed by atoms with Crippen LogP contribution in [-0.4, -0.2) is 44.1 Å². The van der Waals surface area contributed by atoms with Crippen molar-refractivity contribution in [2.24, 2.45) is 0 Å². The first-order chi connectivity index (χ1) is 7.70. The summed E-state index contributed by atoms with van der Waals surface area (Å²) in [6, 6.07) is -0.719. The van der Waals surface area contributed by atoms with Crippen molar-refractivity contribution >= 4 is 23.4 Å². The second kappa shape index (κ2) is 4.56. The fraction of sp³-hybridized carbons (Fsp3) is 0.556. The van der Waals surface area contributed by atoms with Crippen molar-refractivity contribution in [3.8, 4) is 0 Å². The number of carbonyl (C=O) groups excluding carboxylic acids is 1. The molecule has 0 bridgehead atoms. The van der Waals surface area contributed by atoms with Crippen LogP contribution in [0, 0.1) is 0 Å². The number of aliphatic carboxylic acids is 1. The Kier molecular flexibility index (Phi) is 3.14. The summed E-state index contributed by atoms with van der Waals surface area (Å²) in [4.78, 5) is 24.3. The fourth-order valence-corrected chi connectivity index (χ4v) is 2.27. The molecule has 7 heteroatoms. The van der Waals surface area contributed by atoms with Crippen LogP contribution in [0.4, 0.5) is 0 Å². The molecule has 0 unspecified atom stereocenters. The van der Waals surface area contributed by atoms with Gasteiger partial charge in [-0.3, -0.25) is 4.79 Å². The number of piperidine rings is 1. The molecular weight excluding hydrogens is 230 g/mol. The third kappa shape index (κ3) is 2.04. The molecule has 1 atom stereocenters. The predicted molar refractivity (Wildman–Crippen MR) is 56.2 cm³/mol. The lowest BCUT2D eigenvalue weighted by Crippen LogP contribution is -2.48. The normalized spacial score (nSPS) is 20.8. The maximum Gasteiger partial charge on any atom is 0.326 e. The standard InChI is InChI=1S/C9H11N3O3S/c13-8(6-5-16-11-10-6)12-4-2-1-3-7(12)9(14)15/h5,7H,1-4H2,(H,14,15)/t7-/m0/s1. The van der Waals surface area contributed by atoms with E-state index in [1.165, 1.54) is 10.3 Å². The molecule has 1 aromatic heterocycles. The molecule has 2 heterocycles. The zero-order valence-electron chi connectivity index (χ0n) is 8.50. The molecule has 16 heavy (non-hydrogen) atoms. The minimum Gasteiger partial charge on any atom is -0.480 e. The first-order valence-corrected chi connectivity index (χ1v) is 5.84. The minimum atomic E-state index is -0.948. The molecule has 0 saturated carbocycles. The molecule has 2 rings (SSSR count). The monoisotopic (exact) mass is 241 g/mol. The van der Waals surface area contributed by atoms with Gasteiger partial charge in [-0.2, -0.15) is 0 Å². The summed E-state index contributed by atoms with van der Waals surface area (Å²) in [5.41, 5.74) is 0.234. The number of aromatic nitrogens is 2. The number of hydrogen-bond acceptors (Lipinski definition) is 5. The molecule has 1 saturated heterocycles. The van der Waals surface area contributed by atoms with E-state index in [1.807, 2.05) is 0 Å². The summed E-state index contributed by atoms with van der Waals surface area (Å²) in [7, 11) is 0. The van der Waals surface area contributed by atoms with Gasteiger partial charge in [0, 0.05) is 11.9 Å². The van der Waals surface area contributed by atoms with Gasteiger partial charge in [-0.15, -0.1) is 5.10 Å². The van der Waals surface area contributed by atoms with E-state index < -0.39 is 12.0 Å². The Balaban J connectivity index is 2.17. The first kappa shape index (κ1) is 11.0. The van der Waals surface area contributed by atoms with E-state index in [0.29, 0.717) is 13.0 Å².